The number of aryl methyl sites for hydroxylation is 3. The van der Waals surface area contributed by atoms with Gasteiger partial charge in [-0.1, -0.05) is 12.1 Å². The monoisotopic (exact) mass is 448 g/mol. The largest absolute Gasteiger partial charge is 0.311 e. The SMILES string of the molecule is Cc1cc(F)ccc1Cn1ccc(C(=O)Nc2nc(-c3ccc(C)c(C)n3)cs2)cc1=O. The van der Waals surface area contributed by atoms with Gasteiger partial charge in [0.2, 0.25) is 0 Å². The summed E-state index contributed by atoms with van der Waals surface area (Å²) in [6.07, 6.45) is 1.56. The van der Waals surface area contributed by atoms with Gasteiger partial charge in [0.15, 0.2) is 5.13 Å². The molecule has 0 aliphatic rings. The van der Waals surface area contributed by atoms with Gasteiger partial charge in [-0.25, -0.2) is 9.37 Å². The van der Waals surface area contributed by atoms with E-state index in [-0.39, 0.29) is 16.9 Å². The Balaban J connectivity index is 1.48. The predicted octanol–water partition coefficient (Wildman–Crippen LogP) is 4.73. The fourth-order valence-corrected chi connectivity index (χ4v) is 3.89. The van der Waals surface area contributed by atoms with E-state index in [0.717, 1.165) is 28.1 Å². The number of carbonyl (C=O) groups excluding carboxylic acids is 1. The van der Waals surface area contributed by atoms with Gasteiger partial charge in [0.25, 0.3) is 11.5 Å². The maximum absolute atomic E-state index is 13.3. The molecular weight excluding hydrogens is 427 g/mol. The Morgan fingerprint density at radius 1 is 1.03 bits per heavy atom. The van der Waals surface area contributed by atoms with E-state index in [9.17, 15) is 14.0 Å². The number of benzene rings is 1. The molecule has 0 bridgehead atoms. The Bertz CT molecular complexity index is 1380. The molecule has 1 amide bonds. The number of anilines is 1. The molecule has 6 nitrogen and oxygen atoms in total. The number of aromatic nitrogens is 3. The lowest BCUT2D eigenvalue weighted by Gasteiger charge is -2.09. The molecule has 0 fully saturated rings. The summed E-state index contributed by atoms with van der Waals surface area (Å²) in [4.78, 5) is 34.1. The van der Waals surface area contributed by atoms with Crippen molar-refractivity contribution in [3.05, 3.63) is 98.2 Å². The van der Waals surface area contributed by atoms with Crippen molar-refractivity contribution in [2.45, 2.75) is 27.3 Å². The molecule has 162 valence electrons. The van der Waals surface area contributed by atoms with Crippen LogP contribution in [0.1, 0.15) is 32.7 Å². The molecule has 3 heterocycles. The van der Waals surface area contributed by atoms with E-state index in [1.54, 1.807) is 25.3 Å². The van der Waals surface area contributed by atoms with Gasteiger partial charge >= 0.3 is 0 Å². The quantitative estimate of drug-likeness (QED) is 0.479. The molecule has 1 aromatic carbocycles. The molecule has 4 rings (SSSR count). The second-order valence-electron chi connectivity index (χ2n) is 7.54. The van der Waals surface area contributed by atoms with E-state index in [0.29, 0.717) is 17.4 Å². The summed E-state index contributed by atoms with van der Waals surface area (Å²) >= 11 is 1.29. The van der Waals surface area contributed by atoms with Crippen LogP contribution in [0.25, 0.3) is 11.4 Å². The Morgan fingerprint density at radius 2 is 1.84 bits per heavy atom. The number of thiazole rings is 1. The summed E-state index contributed by atoms with van der Waals surface area (Å²) in [5.41, 5.74) is 4.96. The minimum atomic E-state index is -0.416. The van der Waals surface area contributed by atoms with Crippen LogP contribution in [0.3, 0.4) is 0 Å². The fourth-order valence-electron chi connectivity index (χ4n) is 3.19. The molecule has 3 aromatic heterocycles. The summed E-state index contributed by atoms with van der Waals surface area (Å²) in [5, 5.41) is 4.99. The van der Waals surface area contributed by atoms with E-state index in [4.69, 9.17) is 0 Å². The molecule has 32 heavy (non-hydrogen) atoms. The minimum absolute atomic E-state index is 0.239. The molecule has 0 unspecified atom stereocenters. The van der Waals surface area contributed by atoms with E-state index in [1.165, 1.54) is 34.1 Å². The van der Waals surface area contributed by atoms with E-state index in [2.05, 4.69) is 15.3 Å². The lowest BCUT2D eigenvalue weighted by atomic mass is 10.1. The number of carbonyl (C=O) groups is 1. The van der Waals surface area contributed by atoms with Crippen LogP contribution in [0, 0.1) is 26.6 Å². The molecule has 4 aromatic rings. The second kappa shape index (κ2) is 8.84. The van der Waals surface area contributed by atoms with Crippen molar-refractivity contribution in [3.8, 4) is 11.4 Å². The summed E-state index contributed by atoms with van der Waals surface area (Å²) in [7, 11) is 0. The average Bonchev–Trinajstić information content (AvgIpc) is 3.21. The zero-order valence-corrected chi connectivity index (χ0v) is 18.7. The molecule has 0 atom stereocenters. The number of halogens is 1. The van der Waals surface area contributed by atoms with Gasteiger partial charge in [0, 0.05) is 28.9 Å². The second-order valence-corrected chi connectivity index (χ2v) is 8.40. The number of nitrogens with one attached hydrogen (secondary N) is 1. The van der Waals surface area contributed by atoms with Gasteiger partial charge in [-0.2, -0.15) is 0 Å². The van der Waals surface area contributed by atoms with Crippen LogP contribution in [0.15, 0.2) is 58.8 Å². The van der Waals surface area contributed by atoms with E-state index >= 15 is 0 Å². The van der Waals surface area contributed by atoms with Crippen LogP contribution in [0.5, 0.6) is 0 Å². The number of hydrogen-bond acceptors (Lipinski definition) is 5. The number of nitrogens with zero attached hydrogens (tertiary/aromatic N) is 3. The van der Waals surface area contributed by atoms with Crippen molar-refractivity contribution < 1.29 is 9.18 Å². The number of pyridine rings is 2. The van der Waals surface area contributed by atoms with Crippen LogP contribution >= 0.6 is 11.3 Å². The summed E-state index contributed by atoms with van der Waals surface area (Å²) in [6, 6.07) is 11.2. The van der Waals surface area contributed by atoms with Crippen molar-refractivity contribution in [1.29, 1.82) is 0 Å². The van der Waals surface area contributed by atoms with Gasteiger partial charge in [0.05, 0.1) is 12.2 Å². The number of hydrogen-bond donors (Lipinski definition) is 1. The van der Waals surface area contributed by atoms with Crippen LogP contribution in [0.4, 0.5) is 9.52 Å². The highest BCUT2D eigenvalue weighted by Gasteiger charge is 2.13. The number of rotatable bonds is 5. The minimum Gasteiger partial charge on any atom is -0.311 e. The molecule has 0 aliphatic heterocycles. The van der Waals surface area contributed by atoms with E-state index < -0.39 is 5.91 Å². The normalized spacial score (nSPS) is 10.9. The Kier molecular flexibility index (Phi) is 5.96. The first-order valence-corrected chi connectivity index (χ1v) is 10.8. The first-order valence-electron chi connectivity index (χ1n) is 9.97. The van der Waals surface area contributed by atoms with Crippen LogP contribution in [0.2, 0.25) is 0 Å². The highest BCUT2D eigenvalue weighted by Crippen LogP contribution is 2.24. The van der Waals surface area contributed by atoms with Gasteiger partial charge < -0.3 is 4.57 Å². The van der Waals surface area contributed by atoms with Crippen molar-refractivity contribution >= 4 is 22.4 Å². The lowest BCUT2D eigenvalue weighted by molar-refractivity contribution is 0.102. The highest BCUT2D eigenvalue weighted by atomic mass is 32.1. The van der Waals surface area contributed by atoms with Gasteiger partial charge in [0.1, 0.15) is 11.5 Å². The average molecular weight is 449 g/mol. The number of amides is 1. The standard InChI is InChI=1S/C24H21FN4O2S/c1-14-4-7-20(26-16(14)3)21-13-32-24(27-21)28-23(31)17-8-9-29(22(30)11-17)12-18-5-6-19(25)10-15(18)2/h4-11,13H,12H2,1-3H3,(H,27,28,31). The topological polar surface area (TPSA) is 76.9 Å². The van der Waals surface area contributed by atoms with Crippen LogP contribution in [-0.2, 0) is 6.54 Å². The molecule has 0 spiro atoms. The molecule has 1 N–H and O–H groups in total. The Hall–Kier alpha value is -3.65. The zero-order chi connectivity index (χ0) is 22.8. The van der Waals surface area contributed by atoms with Gasteiger partial charge in [-0.3, -0.25) is 19.9 Å². The van der Waals surface area contributed by atoms with Crippen molar-refractivity contribution in [2.24, 2.45) is 0 Å². The molecule has 0 aliphatic carbocycles. The highest BCUT2D eigenvalue weighted by molar-refractivity contribution is 7.14. The first-order chi connectivity index (χ1) is 15.3. The third kappa shape index (κ3) is 4.65. The summed E-state index contributed by atoms with van der Waals surface area (Å²) in [6.45, 7) is 6.02. The lowest BCUT2D eigenvalue weighted by Crippen LogP contribution is -2.23. The molecule has 8 heteroatoms. The van der Waals surface area contributed by atoms with Crippen LogP contribution < -0.4 is 10.9 Å². The Labute approximate surface area is 188 Å². The maximum Gasteiger partial charge on any atom is 0.257 e. The van der Waals surface area contributed by atoms with Gasteiger partial charge in [-0.15, -0.1) is 11.3 Å². The van der Waals surface area contributed by atoms with E-state index in [1.807, 2.05) is 31.4 Å². The Morgan fingerprint density at radius 3 is 2.56 bits per heavy atom. The van der Waals surface area contributed by atoms with Crippen LogP contribution in [-0.4, -0.2) is 20.4 Å². The predicted molar refractivity (Wildman–Crippen MR) is 124 cm³/mol. The first kappa shape index (κ1) is 21.6. The van der Waals surface area contributed by atoms with Crippen molar-refractivity contribution in [1.82, 2.24) is 14.5 Å². The molecule has 0 saturated carbocycles. The summed E-state index contributed by atoms with van der Waals surface area (Å²) < 4.78 is 14.8. The third-order valence-corrected chi connectivity index (χ3v) is 6.00. The smallest absolute Gasteiger partial charge is 0.257 e. The molecule has 0 saturated heterocycles. The molecule has 0 radical (unpaired) electrons. The summed E-state index contributed by atoms with van der Waals surface area (Å²) in [5.74, 6) is -0.731. The zero-order valence-electron chi connectivity index (χ0n) is 17.8. The van der Waals surface area contributed by atoms with Crippen molar-refractivity contribution in [3.63, 3.8) is 0 Å². The van der Waals surface area contributed by atoms with Gasteiger partial charge in [-0.05, 0) is 61.7 Å². The molecular formula is C24H21FN4O2S. The maximum atomic E-state index is 13.3. The third-order valence-electron chi connectivity index (χ3n) is 5.24. The van der Waals surface area contributed by atoms with Crippen molar-refractivity contribution in [2.75, 3.05) is 5.32 Å². The fraction of sp³-hybridized carbons (Fsp3) is 0.167.